The molecule has 0 amide bonds. The van der Waals surface area contributed by atoms with Crippen molar-refractivity contribution in [2.75, 3.05) is 13.7 Å². The van der Waals surface area contributed by atoms with E-state index < -0.39 is 11.4 Å². The zero-order chi connectivity index (χ0) is 11.4. The topological polar surface area (TPSA) is 72.5 Å². The SMILES string of the molecule is COC(C)(C)CC(C)(CN)CC(=O)O. The molecule has 0 fully saturated rings. The van der Waals surface area contributed by atoms with Crippen molar-refractivity contribution in [2.24, 2.45) is 11.1 Å². The van der Waals surface area contributed by atoms with Crippen LogP contribution in [0.5, 0.6) is 0 Å². The Morgan fingerprint density at radius 3 is 2.21 bits per heavy atom. The third-order valence-corrected chi connectivity index (χ3v) is 2.48. The Hall–Kier alpha value is -0.610. The van der Waals surface area contributed by atoms with Crippen molar-refractivity contribution < 1.29 is 14.6 Å². The van der Waals surface area contributed by atoms with E-state index in [1.54, 1.807) is 7.11 Å². The summed E-state index contributed by atoms with van der Waals surface area (Å²) >= 11 is 0. The van der Waals surface area contributed by atoms with Crippen LogP contribution in [0.15, 0.2) is 0 Å². The normalized spacial score (nSPS) is 16.4. The zero-order valence-electron chi connectivity index (χ0n) is 9.46. The van der Waals surface area contributed by atoms with Crippen LogP contribution in [-0.4, -0.2) is 30.3 Å². The van der Waals surface area contributed by atoms with Crippen LogP contribution < -0.4 is 5.73 Å². The lowest BCUT2D eigenvalue weighted by atomic mass is 9.77. The second kappa shape index (κ2) is 4.75. The summed E-state index contributed by atoms with van der Waals surface area (Å²) in [5.41, 5.74) is 4.87. The largest absolute Gasteiger partial charge is 0.481 e. The number of carbonyl (C=O) groups is 1. The Balaban J connectivity index is 4.46. The van der Waals surface area contributed by atoms with Crippen molar-refractivity contribution in [1.29, 1.82) is 0 Å². The summed E-state index contributed by atoms with van der Waals surface area (Å²) in [5, 5.41) is 8.75. The molecule has 0 spiro atoms. The number of carboxylic acids is 1. The van der Waals surface area contributed by atoms with Gasteiger partial charge in [0, 0.05) is 7.11 Å². The third kappa shape index (κ3) is 4.58. The summed E-state index contributed by atoms with van der Waals surface area (Å²) in [4.78, 5) is 10.7. The average Bonchev–Trinajstić information content (AvgIpc) is 2.02. The van der Waals surface area contributed by atoms with Gasteiger partial charge in [-0.05, 0) is 32.2 Å². The number of hydrogen-bond donors (Lipinski definition) is 2. The first kappa shape index (κ1) is 13.4. The van der Waals surface area contributed by atoms with Crippen LogP contribution in [0, 0.1) is 5.41 Å². The molecule has 0 aliphatic rings. The first-order valence-electron chi connectivity index (χ1n) is 4.72. The number of hydrogen-bond acceptors (Lipinski definition) is 3. The van der Waals surface area contributed by atoms with Crippen LogP contribution in [0.3, 0.4) is 0 Å². The highest BCUT2D eigenvalue weighted by molar-refractivity contribution is 5.67. The van der Waals surface area contributed by atoms with Crippen LogP contribution in [-0.2, 0) is 9.53 Å². The molecule has 4 nitrogen and oxygen atoms in total. The first-order chi connectivity index (χ1) is 6.24. The second-order valence-corrected chi connectivity index (χ2v) is 4.73. The highest BCUT2D eigenvalue weighted by atomic mass is 16.5. The second-order valence-electron chi connectivity index (χ2n) is 4.73. The van der Waals surface area contributed by atoms with Crippen molar-refractivity contribution in [2.45, 2.75) is 39.2 Å². The molecular formula is C10H21NO3. The van der Waals surface area contributed by atoms with E-state index in [0.717, 1.165) is 0 Å². The average molecular weight is 203 g/mol. The van der Waals surface area contributed by atoms with Gasteiger partial charge in [0.25, 0.3) is 0 Å². The molecule has 1 atom stereocenters. The first-order valence-corrected chi connectivity index (χ1v) is 4.72. The summed E-state index contributed by atoms with van der Waals surface area (Å²) in [6, 6.07) is 0. The van der Waals surface area contributed by atoms with Gasteiger partial charge in [0.1, 0.15) is 0 Å². The standard InChI is InChI=1S/C10H21NO3/c1-9(2,14-4)6-10(3,7-11)5-8(12)13/h5-7,11H2,1-4H3,(H,12,13). The molecule has 84 valence electrons. The van der Waals surface area contributed by atoms with E-state index in [9.17, 15) is 4.79 Å². The number of methoxy groups -OCH3 is 1. The fraction of sp³-hybridized carbons (Fsp3) is 0.900. The predicted molar refractivity (Wildman–Crippen MR) is 55.1 cm³/mol. The summed E-state index contributed by atoms with van der Waals surface area (Å²) < 4.78 is 5.27. The highest BCUT2D eigenvalue weighted by Crippen LogP contribution is 2.32. The number of ether oxygens (including phenoxy) is 1. The van der Waals surface area contributed by atoms with Crippen molar-refractivity contribution in [3.8, 4) is 0 Å². The Kier molecular flexibility index (Phi) is 4.55. The minimum atomic E-state index is -0.815. The van der Waals surface area contributed by atoms with Crippen LogP contribution in [0.1, 0.15) is 33.6 Å². The summed E-state index contributed by atoms with van der Waals surface area (Å²) in [5.74, 6) is -0.815. The lowest BCUT2D eigenvalue weighted by molar-refractivity contribution is -0.140. The van der Waals surface area contributed by atoms with Crippen molar-refractivity contribution in [1.82, 2.24) is 0 Å². The quantitative estimate of drug-likeness (QED) is 0.681. The Labute approximate surface area is 85.4 Å². The van der Waals surface area contributed by atoms with E-state index >= 15 is 0 Å². The Morgan fingerprint density at radius 2 is 1.93 bits per heavy atom. The maximum Gasteiger partial charge on any atom is 0.303 e. The summed E-state index contributed by atoms with van der Waals surface area (Å²) in [6.45, 7) is 6.10. The van der Waals surface area contributed by atoms with Gasteiger partial charge in [0.2, 0.25) is 0 Å². The van der Waals surface area contributed by atoms with E-state index in [2.05, 4.69) is 0 Å². The molecule has 0 aliphatic carbocycles. The summed E-state index contributed by atoms with van der Waals surface area (Å²) in [6.07, 6.45) is 0.718. The van der Waals surface area contributed by atoms with Gasteiger partial charge in [-0.2, -0.15) is 0 Å². The van der Waals surface area contributed by atoms with Gasteiger partial charge in [-0.15, -0.1) is 0 Å². The molecule has 0 aliphatic heterocycles. The molecule has 0 aromatic rings. The van der Waals surface area contributed by atoms with E-state index in [1.807, 2.05) is 20.8 Å². The van der Waals surface area contributed by atoms with Gasteiger partial charge in [0.05, 0.1) is 12.0 Å². The van der Waals surface area contributed by atoms with Crippen molar-refractivity contribution in [3.05, 3.63) is 0 Å². The monoisotopic (exact) mass is 203 g/mol. The van der Waals surface area contributed by atoms with Crippen LogP contribution in [0.25, 0.3) is 0 Å². The molecule has 1 unspecified atom stereocenters. The predicted octanol–water partition coefficient (Wildman–Crippen LogP) is 1.24. The van der Waals surface area contributed by atoms with Gasteiger partial charge in [-0.3, -0.25) is 4.79 Å². The molecule has 0 radical (unpaired) electrons. The van der Waals surface area contributed by atoms with E-state index in [1.165, 1.54) is 0 Å². The van der Waals surface area contributed by atoms with Gasteiger partial charge in [0.15, 0.2) is 0 Å². The molecule has 0 saturated carbocycles. The molecule has 0 aromatic heterocycles. The number of aliphatic carboxylic acids is 1. The smallest absolute Gasteiger partial charge is 0.303 e. The summed E-state index contributed by atoms with van der Waals surface area (Å²) in [7, 11) is 1.62. The molecule has 0 aromatic carbocycles. The molecule has 4 heteroatoms. The zero-order valence-corrected chi connectivity index (χ0v) is 9.46. The molecule has 0 bridgehead atoms. The molecule has 14 heavy (non-hydrogen) atoms. The minimum Gasteiger partial charge on any atom is -0.481 e. The van der Waals surface area contributed by atoms with Crippen LogP contribution in [0.4, 0.5) is 0 Å². The third-order valence-electron chi connectivity index (χ3n) is 2.48. The lowest BCUT2D eigenvalue weighted by Gasteiger charge is -2.34. The number of carboxylic acid groups (broad SMARTS) is 1. The Bertz CT molecular complexity index is 204. The molecule has 0 rings (SSSR count). The fourth-order valence-electron chi connectivity index (χ4n) is 1.67. The molecule has 3 N–H and O–H groups in total. The molecular weight excluding hydrogens is 182 g/mol. The van der Waals surface area contributed by atoms with Crippen LogP contribution >= 0.6 is 0 Å². The molecule has 0 heterocycles. The fourth-order valence-corrected chi connectivity index (χ4v) is 1.67. The van der Waals surface area contributed by atoms with Crippen molar-refractivity contribution >= 4 is 5.97 Å². The van der Waals surface area contributed by atoms with E-state index in [-0.39, 0.29) is 12.0 Å². The number of rotatable bonds is 6. The minimum absolute atomic E-state index is 0.0797. The van der Waals surface area contributed by atoms with E-state index in [0.29, 0.717) is 13.0 Å². The maximum atomic E-state index is 10.7. The van der Waals surface area contributed by atoms with E-state index in [4.69, 9.17) is 15.6 Å². The highest BCUT2D eigenvalue weighted by Gasteiger charge is 2.33. The lowest BCUT2D eigenvalue weighted by Crippen LogP contribution is -2.38. The van der Waals surface area contributed by atoms with Crippen molar-refractivity contribution in [3.63, 3.8) is 0 Å². The Morgan fingerprint density at radius 1 is 1.43 bits per heavy atom. The van der Waals surface area contributed by atoms with Gasteiger partial charge in [-0.25, -0.2) is 0 Å². The maximum absolute atomic E-state index is 10.7. The van der Waals surface area contributed by atoms with Gasteiger partial charge >= 0.3 is 5.97 Å². The van der Waals surface area contributed by atoms with Gasteiger partial charge < -0.3 is 15.6 Å². The van der Waals surface area contributed by atoms with Crippen LogP contribution in [0.2, 0.25) is 0 Å². The van der Waals surface area contributed by atoms with Gasteiger partial charge in [-0.1, -0.05) is 6.92 Å². The number of nitrogens with two attached hydrogens (primary N) is 1. The molecule has 0 saturated heterocycles.